The molecule has 49 heavy (non-hydrogen) atoms. The largest absolute Gasteiger partial charge is 0.456 e. The molecule has 2 unspecified atom stereocenters. The minimum Gasteiger partial charge on any atom is -0.456 e. The number of fused-ring (bicyclic) bond motifs is 7. The Morgan fingerprint density at radius 3 is 2.10 bits per heavy atom. The number of benzene rings is 5. The van der Waals surface area contributed by atoms with Crippen LogP contribution in [0.4, 0.5) is 0 Å². The average molecular weight is 637 g/mol. The van der Waals surface area contributed by atoms with E-state index >= 15 is 0 Å². The van der Waals surface area contributed by atoms with Crippen LogP contribution in [0.15, 0.2) is 120 Å². The average Bonchev–Trinajstić information content (AvgIpc) is 3.26. The summed E-state index contributed by atoms with van der Waals surface area (Å²) < 4.78 is 6.23. The molecule has 5 aromatic carbocycles. The Labute approximate surface area is 286 Å². The molecule has 238 valence electrons. The van der Waals surface area contributed by atoms with Crippen molar-refractivity contribution in [3.8, 4) is 51.4 Å². The molecule has 2 heterocycles. The first-order chi connectivity index (χ1) is 24.1. The van der Waals surface area contributed by atoms with Gasteiger partial charge in [0.1, 0.15) is 11.2 Å². The predicted molar refractivity (Wildman–Crippen MR) is 196 cm³/mol. The summed E-state index contributed by atoms with van der Waals surface area (Å²) in [6, 6.07) is 41.7. The number of aromatic nitrogens is 3. The second kappa shape index (κ2) is 11.8. The lowest BCUT2D eigenvalue weighted by atomic mass is 9.64. The lowest BCUT2D eigenvalue weighted by Gasteiger charge is -2.41. The molecule has 3 saturated carbocycles. The predicted octanol–water partition coefficient (Wildman–Crippen LogP) is 11.2. The molecule has 0 aliphatic heterocycles. The molecule has 5 heteroatoms. The third-order valence-electron chi connectivity index (χ3n) is 11.2. The Hall–Kier alpha value is -5.60. The smallest absolute Gasteiger partial charge is 0.164 e. The fourth-order valence-electron chi connectivity index (χ4n) is 8.66. The molecule has 0 spiro atoms. The number of nitrogens with zero attached hydrogens (tertiary/aromatic N) is 4. The molecule has 0 N–H and O–H groups in total. The van der Waals surface area contributed by atoms with Crippen LogP contribution in [0.25, 0.3) is 67.2 Å². The zero-order chi connectivity index (χ0) is 33.0. The van der Waals surface area contributed by atoms with E-state index in [1.54, 1.807) is 6.07 Å². The van der Waals surface area contributed by atoms with Gasteiger partial charge in [-0.15, -0.1) is 0 Å². The highest BCUT2D eigenvalue weighted by Gasteiger charge is 2.42. The van der Waals surface area contributed by atoms with Crippen molar-refractivity contribution < 1.29 is 4.42 Å². The summed E-state index contributed by atoms with van der Waals surface area (Å²) in [7, 11) is 0. The standard InChI is InChI=1S/C44H36N4O/c1-28-26-44(22-7-10-30(28)21-23-44)34-17-14-31(15-18-34)35-11-5-6-12-38(35)43-47-41(32-8-3-2-4-9-32)46-42(48-43)33-16-20-37-36-19-13-29(27-45)24-39(36)49-40(37)25-33/h2-6,8-9,11-20,24-25,28,30H,7,10,21-23,26H2,1H3/t28-,30?,44?/m1/s1. The van der Waals surface area contributed by atoms with Gasteiger partial charge >= 0.3 is 0 Å². The van der Waals surface area contributed by atoms with Gasteiger partial charge in [-0.3, -0.25) is 0 Å². The maximum atomic E-state index is 9.39. The monoisotopic (exact) mass is 636 g/mol. The van der Waals surface area contributed by atoms with Crippen molar-refractivity contribution in [2.24, 2.45) is 11.8 Å². The molecule has 10 rings (SSSR count). The second-order valence-electron chi connectivity index (χ2n) is 14.1. The first kappa shape index (κ1) is 29.5. The van der Waals surface area contributed by atoms with E-state index in [9.17, 15) is 5.26 Å². The number of nitriles is 1. The SMILES string of the molecule is C[C@@H]1CC2(c3ccc(-c4ccccc4-c4nc(-c5ccccc5)nc(-c5ccc6c(c5)oc5cc(C#N)ccc56)n4)cc3)CCCC1CC2. The lowest BCUT2D eigenvalue weighted by molar-refractivity contribution is 0.186. The Balaban J connectivity index is 1.14. The molecular weight excluding hydrogens is 601 g/mol. The summed E-state index contributed by atoms with van der Waals surface area (Å²) in [5.74, 6) is 3.53. The molecule has 3 fully saturated rings. The minimum atomic E-state index is 0.317. The molecule has 5 nitrogen and oxygen atoms in total. The quantitative estimate of drug-likeness (QED) is 0.188. The van der Waals surface area contributed by atoms with Crippen molar-refractivity contribution in [3.05, 3.63) is 126 Å². The van der Waals surface area contributed by atoms with E-state index < -0.39 is 0 Å². The number of rotatable bonds is 5. The van der Waals surface area contributed by atoms with Crippen molar-refractivity contribution >= 4 is 21.9 Å². The molecule has 0 amide bonds. The molecule has 0 saturated heterocycles. The van der Waals surface area contributed by atoms with Gasteiger partial charge in [-0.05, 0) is 90.0 Å². The topological polar surface area (TPSA) is 75.6 Å². The zero-order valence-corrected chi connectivity index (χ0v) is 27.6. The lowest BCUT2D eigenvalue weighted by Crippen LogP contribution is -2.33. The fourth-order valence-corrected chi connectivity index (χ4v) is 8.66. The fraction of sp³-hybridized carbons (Fsp3) is 0.227. The van der Waals surface area contributed by atoms with Gasteiger partial charge in [0.05, 0.1) is 11.6 Å². The van der Waals surface area contributed by atoms with Gasteiger partial charge in [0, 0.05) is 27.5 Å². The van der Waals surface area contributed by atoms with Gasteiger partial charge in [0.2, 0.25) is 0 Å². The van der Waals surface area contributed by atoms with Gasteiger partial charge in [-0.25, -0.2) is 15.0 Å². The minimum absolute atomic E-state index is 0.317. The van der Waals surface area contributed by atoms with Gasteiger partial charge in [-0.2, -0.15) is 5.26 Å². The van der Waals surface area contributed by atoms with Crippen LogP contribution >= 0.6 is 0 Å². The van der Waals surface area contributed by atoms with Crippen molar-refractivity contribution in [2.45, 2.75) is 50.9 Å². The van der Waals surface area contributed by atoms with Crippen molar-refractivity contribution in [1.82, 2.24) is 15.0 Å². The molecular formula is C44H36N4O. The molecule has 3 aliphatic rings. The van der Waals surface area contributed by atoms with E-state index in [0.717, 1.165) is 56.0 Å². The summed E-state index contributed by atoms with van der Waals surface area (Å²) in [6.45, 7) is 2.47. The maximum absolute atomic E-state index is 9.39. The second-order valence-corrected chi connectivity index (χ2v) is 14.1. The normalized spacial score (nSPS) is 20.3. The Morgan fingerprint density at radius 1 is 0.653 bits per heavy atom. The number of hydrogen-bond acceptors (Lipinski definition) is 5. The maximum Gasteiger partial charge on any atom is 0.164 e. The van der Waals surface area contributed by atoms with Crippen LogP contribution in [0.5, 0.6) is 0 Å². The number of hydrogen-bond donors (Lipinski definition) is 0. The van der Waals surface area contributed by atoms with Crippen LogP contribution in [0.3, 0.4) is 0 Å². The highest BCUT2D eigenvalue weighted by molar-refractivity contribution is 6.06. The van der Waals surface area contributed by atoms with E-state index in [-0.39, 0.29) is 0 Å². The van der Waals surface area contributed by atoms with E-state index in [0.29, 0.717) is 34.0 Å². The molecule has 3 atom stereocenters. The van der Waals surface area contributed by atoms with Crippen molar-refractivity contribution in [1.29, 1.82) is 5.26 Å². The summed E-state index contributed by atoms with van der Waals surface area (Å²) in [5, 5.41) is 11.4. The highest BCUT2D eigenvalue weighted by atomic mass is 16.3. The Bertz CT molecular complexity index is 2380. The molecule has 0 radical (unpaired) electrons. The molecule has 3 aliphatic carbocycles. The molecule has 7 aromatic rings. The van der Waals surface area contributed by atoms with Crippen LogP contribution in [0, 0.1) is 23.2 Å². The zero-order valence-electron chi connectivity index (χ0n) is 27.6. The van der Waals surface area contributed by atoms with Crippen LogP contribution in [-0.4, -0.2) is 15.0 Å². The first-order valence-electron chi connectivity index (χ1n) is 17.5. The summed E-state index contributed by atoms with van der Waals surface area (Å²) in [4.78, 5) is 15.2. The van der Waals surface area contributed by atoms with Crippen LogP contribution < -0.4 is 0 Å². The summed E-state index contributed by atoms with van der Waals surface area (Å²) >= 11 is 0. The van der Waals surface area contributed by atoms with Gasteiger partial charge in [0.25, 0.3) is 0 Å². The van der Waals surface area contributed by atoms with E-state index in [1.807, 2.05) is 60.7 Å². The molecule has 2 bridgehead atoms. The van der Waals surface area contributed by atoms with Crippen molar-refractivity contribution in [2.75, 3.05) is 0 Å². The van der Waals surface area contributed by atoms with Gasteiger partial charge < -0.3 is 4.42 Å². The first-order valence-corrected chi connectivity index (χ1v) is 17.5. The third kappa shape index (κ3) is 5.20. The van der Waals surface area contributed by atoms with Crippen molar-refractivity contribution in [3.63, 3.8) is 0 Å². The van der Waals surface area contributed by atoms with Crippen LogP contribution in [0.2, 0.25) is 0 Å². The number of furan rings is 1. The van der Waals surface area contributed by atoms with Crippen LogP contribution in [-0.2, 0) is 5.41 Å². The molecule has 2 aromatic heterocycles. The third-order valence-corrected chi connectivity index (χ3v) is 11.2. The summed E-state index contributed by atoms with van der Waals surface area (Å²) in [6.07, 6.45) is 8.03. The van der Waals surface area contributed by atoms with E-state index in [2.05, 4.69) is 61.5 Å². The summed E-state index contributed by atoms with van der Waals surface area (Å²) in [5.41, 5.74) is 8.78. The van der Waals surface area contributed by atoms with Gasteiger partial charge in [0.15, 0.2) is 17.5 Å². The van der Waals surface area contributed by atoms with Crippen LogP contribution in [0.1, 0.15) is 56.6 Å². The Morgan fingerprint density at radius 2 is 1.33 bits per heavy atom. The highest BCUT2D eigenvalue weighted by Crippen LogP contribution is 2.52. The van der Waals surface area contributed by atoms with E-state index in [1.165, 1.54) is 44.1 Å². The van der Waals surface area contributed by atoms with Gasteiger partial charge in [-0.1, -0.05) is 105 Å². The van der Waals surface area contributed by atoms with E-state index in [4.69, 9.17) is 19.4 Å². The Kier molecular flexibility index (Phi) is 7.13.